The molecule has 3 nitrogen and oxygen atoms in total. The van der Waals surface area contributed by atoms with Crippen LogP contribution in [0.4, 0.5) is 0 Å². The minimum absolute atomic E-state index is 0.103. The van der Waals surface area contributed by atoms with Gasteiger partial charge in [0.2, 0.25) is 0 Å². The molecule has 1 spiro atoms. The Morgan fingerprint density at radius 2 is 1.61 bits per heavy atom. The van der Waals surface area contributed by atoms with Crippen LogP contribution in [0.2, 0.25) is 5.02 Å². The first kappa shape index (κ1) is 23.8. The molecule has 2 aromatic rings. The molecule has 0 radical (unpaired) electrons. The van der Waals surface area contributed by atoms with Crippen LogP contribution in [0.1, 0.15) is 75.5 Å². The topological polar surface area (TPSA) is 43.4 Å². The number of ketones is 1. The fraction of sp³-hybridized carbons (Fsp3) is 0.448. The molecule has 0 atom stereocenters. The van der Waals surface area contributed by atoms with Crippen LogP contribution in [0, 0.1) is 25.2 Å². The highest BCUT2D eigenvalue weighted by molar-refractivity contribution is 6.30. The molecule has 1 saturated carbocycles. The Morgan fingerprint density at radius 3 is 2.24 bits per heavy atom. The van der Waals surface area contributed by atoms with Crippen molar-refractivity contribution in [2.75, 3.05) is 0 Å². The van der Waals surface area contributed by atoms with Gasteiger partial charge in [-0.1, -0.05) is 69.0 Å². The molecule has 4 heteroatoms. The van der Waals surface area contributed by atoms with Crippen LogP contribution in [0.25, 0.3) is 16.7 Å². The second-order valence-electron chi connectivity index (χ2n) is 10.2. The van der Waals surface area contributed by atoms with Crippen molar-refractivity contribution in [1.29, 1.82) is 0 Å². The third-order valence-electron chi connectivity index (χ3n) is 7.08. The molecule has 2 aliphatic rings. The summed E-state index contributed by atoms with van der Waals surface area (Å²) in [7, 11) is 0. The highest BCUT2D eigenvalue weighted by Crippen LogP contribution is 2.54. The lowest BCUT2D eigenvalue weighted by Gasteiger charge is -2.34. The minimum atomic E-state index is -0.327. The molecule has 1 fully saturated rings. The van der Waals surface area contributed by atoms with Gasteiger partial charge in [-0.3, -0.25) is 9.59 Å². The van der Waals surface area contributed by atoms with E-state index in [1.165, 1.54) is 6.42 Å². The molecular formula is C29H33ClO3. The molecule has 0 aromatic heterocycles. The molecule has 33 heavy (non-hydrogen) atoms. The second-order valence-corrected chi connectivity index (χ2v) is 10.6. The van der Waals surface area contributed by atoms with Crippen molar-refractivity contribution in [1.82, 2.24) is 0 Å². The highest BCUT2D eigenvalue weighted by Gasteiger charge is 2.49. The van der Waals surface area contributed by atoms with E-state index in [1.54, 1.807) is 0 Å². The van der Waals surface area contributed by atoms with E-state index in [9.17, 15) is 9.59 Å². The molecule has 0 unspecified atom stereocenters. The average molecular weight is 465 g/mol. The largest absolute Gasteiger partial charge is 0.430 e. The predicted octanol–water partition coefficient (Wildman–Crippen LogP) is 7.85. The van der Waals surface area contributed by atoms with Gasteiger partial charge in [0.05, 0.1) is 5.57 Å². The Labute approximate surface area is 202 Å². The Hall–Kier alpha value is -2.39. The molecule has 0 N–H and O–H groups in total. The summed E-state index contributed by atoms with van der Waals surface area (Å²) in [5, 5.41) is 0.706. The number of esters is 1. The zero-order valence-corrected chi connectivity index (χ0v) is 20.8. The van der Waals surface area contributed by atoms with Gasteiger partial charge in [-0.15, -0.1) is 0 Å². The first-order chi connectivity index (χ1) is 15.7. The van der Waals surface area contributed by atoms with Gasteiger partial charge in [0.1, 0.15) is 5.76 Å². The Bertz CT molecular complexity index is 1100. The number of hydrogen-bond acceptors (Lipinski definition) is 3. The van der Waals surface area contributed by atoms with Crippen molar-refractivity contribution in [2.24, 2.45) is 11.3 Å². The molecular weight excluding hydrogens is 432 g/mol. The number of rotatable bonds is 5. The quantitative estimate of drug-likeness (QED) is 0.423. The Kier molecular flexibility index (Phi) is 6.81. The molecule has 174 valence electrons. The van der Waals surface area contributed by atoms with E-state index in [1.807, 2.05) is 45.0 Å². The van der Waals surface area contributed by atoms with Crippen LogP contribution in [-0.4, -0.2) is 11.8 Å². The average Bonchev–Trinajstić information content (AvgIpc) is 3.00. The summed E-state index contributed by atoms with van der Waals surface area (Å²) in [6.07, 6.45) is 5.94. The molecule has 0 saturated heterocycles. The van der Waals surface area contributed by atoms with E-state index >= 15 is 0 Å². The summed E-state index contributed by atoms with van der Waals surface area (Å²) in [5.41, 5.74) is 5.49. The van der Waals surface area contributed by atoms with E-state index in [0.29, 0.717) is 29.2 Å². The van der Waals surface area contributed by atoms with Crippen molar-refractivity contribution >= 4 is 28.9 Å². The maximum atomic E-state index is 13.5. The molecule has 2 aliphatic carbocycles. The zero-order chi connectivity index (χ0) is 23.8. The van der Waals surface area contributed by atoms with E-state index in [-0.39, 0.29) is 23.1 Å². The summed E-state index contributed by atoms with van der Waals surface area (Å²) in [6, 6.07) is 12.0. The number of aryl methyl sites for hydroxylation is 2. The number of allylic oxidation sites excluding steroid dienone is 2. The lowest BCUT2D eigenvalue weighted by molar-refractivity contribution is -0.142. The molecule has 0 amide bonds. The lowest BCUT2D eigenvalue weighted by Crippen LogP contribution is -2.27. The Balaban J connectivity index is 1.82. The lowest BCUT2D eigenvalue weighted by atomic mass is 9.72. The van der Waals surface area contributed by atoms with Crippen molar-refractivity contribution in [3.63, 3.8) is 0 Å². The fourth-order valence-electron chi connectivity index (χ4n) is 5.45. The number of carbonyl (C=O) groups excluding carboxylic acids is 2. The smallest absolute Gasteiger partial charge is 0.311 e. The molecule has 4 rings (SSSR count). The van der Waals surface area contributed by atoms with Gasteiger partial charge in [-0.2, -0.15) is 0 Å². The standard InChI is InChI=1S/C29H33ClO3/c1-18(2)14-26(32)33-28-27(25(31)17-29(28)12-6-5-7-13-29)24-16-19(3)23(15-20(24)4)21-8-10-22(30)11-9-21/h8-11,15-16,18H,5-7,12-14,17H2,1-4H3. The number of halogens is 1. The highest BCUT2D eigenvalue weighted by atomic mass is 35.5. The first-order valence-corrected chi connectivity index (χ1v) is 12.4. The van der Waals surface area contributed by atoms with Gasteiger partial charge >= 0.3 is 5.97 Å². The van der Waals surface area contributed by atoms with Gasteiger partial charge < -0.3 is 4.74 Å². The van der Waals surface area contributed by atoms with E-state index in [0.717, 1.165) is 53.5 Å². The Morgan fingerprint density at radius 1 is 1.00 bits per heavy atom. The van der Waals surface area contributed by atoms with Crippen LogP contribution >= 0.6 is 11.6 Å². The summed E-state index contributed by atoms with van der Waals surface area (Å²) in [4.78, 5) is 26.2. The van der Waals surface area contributed by atoms with Crippen molar-refractivity contribution in [3.8, 4) is 11.1 Å². The van der Waals surface area contributed by atoms with Crippen LogP contribution in [-0.2, 0) is 14.3 Å². The molecule has 0 heterocycles. The SMILES string of the molecule is Cc1cc(-c2ccc(Cl)cc2)c(C)cc1C1=C(OC(=O)CC(C)C)C2(CCCCC2)CC1=O. The van der Waals surface area contributed by atoms with Gasteiger partial charge in [0, 0.05) is 23.3 Å². The van der Waals surface area contributed by atoms with Crippen LogP contribution < -0.4 is 0 Å². The molecule has 0 aliphatic heterocycles. The monoisotopic (exact) mass is 464 g/mol. The van der Waals surface area contributed by atoms with Gasteiger partial charge in [0.25, 0.3) is 0 Å². The fourth-order valence-corrected chi connectivity index (χ4v) is 5.57. The zero-order valence-electron chi connectivity index (χ0n) is 20.1. The summed E-state index contributed by atoms with van der Waals surface area (Å²) in [5.74, 6) is 0.721. The van der Waals surface area contributed by atoms with Gasteiger partial charge in [-0.25, -0.2) is 0 Å². The number of carbonyl (C=O) groups is 2. The van der Waals surface area contributed by atoms with Crippen molar-refractivity contribution in [2.45, 2.75) is 72.6 Å². The van der Waals surface area contributed by atoms with Crippen LogP contribution in [0.5, 0.6) is 0 Å². The maximum absolute atomic E-state index is 13.5. The molecule has 0 bridgehead atoms. The summed E-state index contributed by atoms with van der Waals surface area (Å²) < 4.78 is 6.08. The van der Waals surface area contributed by atoms with Crippen LogP contribution in [0.3, 0.4) is 0 Å². The van der Waals surface area contributed by atoms with Gasteiger partial charge in [0.15, 0.2) is 5.78 Å². The van der Waals surface area contributed by atoms with Crippen molar-refractivity contribution in [3.05, 3.63) is 63.9 Å². The number of benzene rings is 2. The predicted molar refractivity (Wildman–Crippen MR) is 134 cm³/mol. The first-order valence-electron chi connectivity index (χ1n) is 12.1. The van der Waals surface area contributed by atoms with Crippen molar-refractivity contribution < 1.29 is 14.3 Å². The maximum Gasteiger partial charge on any atom is 0.311 e. The van der Waals surface area contributed by atoms with Crippen LogP contribution in [0.15, 0.2) is 42.2 Å². The summed E-state index contributed by atoms with van der Waals surface area (Å²) in [6.45, 7) is 8.12. The van der Waals surface area contributed by atoms with E-state index < -0.39 is 0 Å². The van der Waals surface area contributed by atoms with E-state index in [4.69, 9.17) is 16.3 Å². The normalized spacial score (nSPS) is 17.8. The van der Waals surface area contributed by atoms with Gasteiger partial charge in [-0.05, 0) is 72.6 Å². The summed E-state index contributed by atoms with van der Waals surface area (Å²) >= 11 is 6.07. The second kappa shape index (κ2) is 9.46. The number of ether oxygens (including phenoxy) is 1. The third-order valence-corrected chi connectivity index (χ3v) is 7.34. The number of Topliss-reactive ketones (excluding diaryl/α,β-unsaturated/α-hetero) is 1. The molecule has 2 aromatic carbocycles. The van der Waals surface area contributed by atoms with E-state index in [2.05, 4.69) is 19.1 Å². The minimum Gasteiger partial charge on any atom is -0.430 e. The number of hydrogen-bond donors (Lipinski definition) is 0. The third kappa shape index (κ3) is 4.80.